The van der Waals surface area contributed by atoms with Crippen LogP contribution in [0.1, 0.15) is 13.8 Å². The number of aliphatic imine (C=N–C) groups is 1. The van der Waals surface area contributed by atoms with Gasteiger partial charge in [-0.1, -0.05) is 0 Å². The van der Waals surface area contributed by atoms with Gasteiger partial charge in [-0.2, -0.15) is 0 Å². The van der Waals surface area contributed by atoms with Crippen LogP contribution in [0.15, 0.2) is 4.99 Å². The molecule has 1 aliphatic rings. The maximum Gasteiger partial charge on any atom is 0.229 e. The number of ether oxygens (including phenoxy) is 1. The van der Waals surface area contributed by atoms with Crippen molar-refractivity contribution < 1.29 is 4.74 Å². The summed E-state index contributed by atoms with van der Waals surface area (Å²) in [6, 6.07) is 0. The smallest absolute Gasteiger partial charge is 0.229 e. The summed E-state index contributed by atoms with van der Waals surface area (Å²) >= 11 is 0. The van der Waals surface area contributed by atoms with Gasteiger partial charge in [0.15, 0.2) is 5.60 Å². The monoisotopic (exact) mass is 99.1 g/mol. The average molecular weight is 99.1 g/mol. The molecule has 0 saturated carbocycles. The molecule has 0 bridgehead atoms. The molecule has 0 atom stereocenters. The van der Waals surface area contributed by atoms with Crippen LogP contribution in [-0.2, 0) is 4.74 Å². The molecule has 0 amide bonds. The lowest BCUT2D eigenvalue weighted by molar-refractivity contribution is 0.363. The summed E-state index contributed by atoms with van der Waals surface area (Å²) in [5, 5.41) is 0. The van der Waals surface area contributed by atoms with E-state index in [1.54, 1.807) is 7.05 Å². The third kappa shape index (κ3) is 0.601. The predicted octanol–water partition coefficient (Wildman–Crippen LogP) is 0.824. The Bertz CT molecular complexity index is 115. The molecule has 40 valence electrons. The first-order chi connectivity index (χ1) is 3.17. The SMILES string of the molecule is CN=C1OC1(C)C. The molecule has 2 nitrogen and oxygen atoms in total. The van der Waals surface area contributed by atoms with Crippen LogP contribution >= 0.6 is 0 Å². The second-order valence-electron chi connectivity index (χ2n) is 2.14. The number of rotatable bonds is 0. The standard InChI is InChI=1S/C5H9NO/c1-5(2)4(6-3)7-5/h1-3H3. The molecule has 0 spiro atoms. The summed E-state index contributed by atoms with van der Waals surface area (Å²) in [6.45, 7) is 3.99. The summed E-state index contributed by atoms with van der Waals surface area (Å²) < 4.78 is 5.00. The third-order valence-electron chi connectivity index (χ3n) is 1.03. The number of hydrogen-bond acceptors (Lipinski definition) is 2. The van der Waals surface area contributed by atoms with Crippen molar-refractivity contribution in [2.24, 2.45) is 4.99 Å². The first-order valence-electron chi connectivity index (χ1n) is 2.33. The summed E-state index contributed by atoms with van der Waals surface area (Å²) in [5.41, 5.74) is -0.0330. The highest BCUT2D eigenvalue weighted by molar-refractivity contribution is 5.96. The van der Waals surface area contributed by atoms with Crippen LogP contribution in [0.2, 0.25) is 0 Å². The minimum atomic E-state index is -0.0330. The van der Waals surface area contributed by atoms with E-state index < -0.39 is 0 Å². The van der Waals surface area contributed by atoms with Crippen molar-refractivity contribution >= 4 is 5.90 Å². The van der Waals surface area contributed by atoms with Crippen molar-refractivity contribution in [3.63, 3.8) is 0 Å². The van der Waals surface area contributed by atoms with Crippen LogP contribution in [0.4, 0.5) is 0 Å². The normalized spacial score (nSPS) is 29.9. The van der Waals surface area contributed by atoms with Crippen molar-refractivity contribution in [2.75, 3.05) is 7.05 Å². The molecule has 1 fully saturated rings. The molecular formula is C5H9NO. The van der Waals surface area contributed by atoms with Gasteiger partial charge in [0.25, 0.3) is 0 Å². The van der Waals surface area contributed by atoms with Crippen LogP contribution in [0.25, 0.3) is 0 Å². The van der Waals surface area contributed by atoms with Gasteiger partial charge >= 0.3 is 0 Å². The van der Waals surface area contributed by atoms with Crippen molar-refractivity contribution in [1.82, 2.24) is 0 Å². The molecule has 1 heterocycles. The largest absolute Gasteiger partial charge is 0.462 e. The van der Waals surface area contributed by atoms with Gasteiger partial charge in [0, 0.05) is 7.05 Å². The van der Waals surface area contributed by atoms with E-state index in [0.717, 1.165) is 5.90 Å². The minimum Gasteiger partial charge on any atom is -0.462 e. The Hall–Kier alpha value is -0.530. The molecule has 0 radical (unpaired) electrons. The highest BCUT2D eigenvalue weighted by atomic mass is 16.6. The van der Waals surface area contributed by atoms with Gasteiger partial charge in [0.05, 0.1) is 0 Å². The van der Waals surface area contributed by atoms with E-state index >= 15 is 0 Å². The molecule has 0 aromatic rings. The van der Waals surface area contributed by atoms with E-state index in [1.165, 1.54) is 0 Å². The van der Waals surface area contributed by atoms with E-state index in [0.29, 0.717) is 0 Å². The van der Waals surface area contributed by atoms with Crippen molar-refractivity contribution in [3.05, 3.63) is 0 Å². The lowest BCUT2D eigenvalue weighted by Crippen LogP contribution is -1.95. The van der Waals surface area contributed by atoms with Crippen LogP contribution in [-0.4, -0.2) is 18.5 Å². The Morgan fingerprint density at radius 3 is 2.00 bits per heavy atom. The number of nitrogens with zero attached hydrogens (tertiary/aromatic N) is 1. The van der Waals surface area contributed by atoms with Crippen LogP contribution in [0.3, 0.4) is 0 Å². The Kier molecular flexibility index (Phi) is 0.659. The Labute approximate surface area is 43.2 Å². The first-order valence-corrected chi connectivity index (χ1v) is 2.33. The minimum absolute atomic E-state index is 0.0330. The maximum absolute atomic E-state index is 5.00. The maximum atomic E-state index is 5.00. The van der Waals surface area contributed by atoms with Gasteiger partial charge in [-0.25, -0.2) is 0 Å². The van der Waals surface area contributed by atoms with Gasteiger partial charge in [0.2, 0.25) is 5.90 Å². The Morgan fingerprint density at radius 2 is 2.00 bits per heavy atom. The third-order valence-corrected chi connectivity index (χ3v) is 1.03. The van der Waals surface area contributed by atoms with Crippen molar-refractivity contribution in [3.8, 4) is 0 Å². The Morgan fingerprint density at radius 1 is 1.57 bits per heavy atom. The highest BCUT2D eigenvalue weighted by Crippen LogP contribution is 2.28. The van der Waals surface area contributed by atoms with E-state index in [-0.39, 0.29) is 5.60 Å². The fraction of sp³-hybridized carbons (Fsp3) is 0.800. The Balaban J connectivity index is 2.61. The molecule has 1 saturated heterocycles. The fourth-order valence-electron chi connectivity index (χ4n) is 0.531. The summed E-state index contributed by atoms with van der Waals surface area (Å²) in [4.78, 5) is 3.85. The van der Waals surface area contributed by atoms with Gasteiger partial charge in [-0.05, 0) is 13.8 Å². The number of epoxide rings is 1. The first kappa shape index (κ1) is 4.62. The second-order valence-corrected chi connectivity index (χ2v) is 2.14. The quantitative estimate of drug-likeness (QED) is 0.413. The summed E-state index contributed by atoms with van der Waals surface area (Å²) in [7, 11) is 1.74. The van der Waals surface area contributed by atoms with Gasteiger partial charge in [-0.15, -0.1) is 0 Å². The van der Waals surface area contributed by atoms with E-state index in [4.69, 9.17) is 4.74 Å². The lowest BCUT2D eigenvalue weighted by atomic mass is 10.2. The van der Waals surface area contributed by atoms with Crippen molar-refractivity contribution in [2.45, 2.75) is 19.4 Å². The fourth-order valence-corrected chi connectivity index (χ4v) is 0.531. The molecule has 7 heavy (non-hydrogen) atoms. The van der Waals surface area contributed by atoms with E-state index in [9.17, 15) is 0 Å². The molecule has 0 unspecified atom stereocenters. The van der Waals surface area contributed by atoms with E-state index in [2.05, 4.69) is 4.99 Å². The van der Waals surface area contributed by atoms with Gasteiger partial charge in [-0.3, -0.25) is 4.99 Å². The highest BCUT2D eigenvalue weighted by Gasteiger charge is 2.44. The zero-order valence-electron chi connectivity index (χ0n) is 4.86. The van der Waals surface area contributed by atoms with Crippen molar-refractivity contribution in [1.29, 1.82) is 0 Å². The summed E-state index contributed by atoms with van der Waals surface area (Å²) in [6.07, 6.45) is 0. The zero-order valence-corrected chi connectivity index (χ0v) is 4.86. The molecule has 0 aromatic heterocycles. The van der Waals surface area contributed by atoms with Gasteiger partial charge in [0.1, 0.15) is 0 Å². The van der Waals surface area contributed by atoms with Crippen LogP contribution in [0.5, 0.6) is 0 Å². The second kappa shape index (κ2) is 0.997. The molecule has 0 aliphatic carbocycles. The predicted molar refractivity (Wildman–Crippen MR) is 28.5 cm³/mol. The zero-order chi connectivity index (χ0) is 5.49. The lowest BCUT2D eigenvalue weighted by Gasteiger charge is -1.78. The molecule has 2 heteroatoms. The topological polar surface area (TPSA) is 24.9 Å². The summed E-state index contributed by atoms with van der Waals surface area (Å²) in [5.74, 6) is 0.868. The molecule has 1 rings (SSSR count). The molecule has 1 aliphatic heterocycles. The number of hydrogen-bond donors (Lipinski definition) is 0. The van der Waals surface area contributed by atoms with Crippen LogP contribution in [0, 0.1) is 0 Å². The van der Waals surface area contributed by atoms with Gasteiger partial charge < -0.3 is 4.74 Å². The van der Waals surface area contributed by atoms with E-state index in [1.807, 2.05) is 13.8 Å². The van der Waals surface area contributed by atoms with Crippen LogP contribution < -0.4 is 0 Å². The average Bonchev–Trinajstić information content (AvgIpc) is 2.13. The molecule has 0 aromatic carbocycles. The molecular weight excluding hydrogens is 90.1 g/mol. The molecule has 0 N–H and O–H groups in total.